The minimum atomic E-state index is -0.141. The summed E-state index contributed by atoms with van der Waals surface area (Å²) in [6.07, 6.45) is 3.60. The van der Waals surface area contributed by atoms with E-state index in [4.69, 9.17) is 4.74 Å². The Bertz CT molecular complexity index is 1160. The first-order valence-corrected chi connectivity index (χ1v) is 12.5. The number of aromatic nitrogens is 3. The van der Waals surface area contributed by atoms with Gasteiger partial charge in [0.1, 0.15) is 17.8 Å². The smallest absolute Gasteiger partial charge is 0.319 e. The van der Waals surface area contributed by atoms with Gasteiger partial charge in [0, 0.05) is 62.7 Å². The minimum Gasteiger partial charge on any atom is -0.378 e. The van der Waals surface area contributed by atoms with Crippen molar-refractivity contribution in [1.82, 2.24) is 30.5 Å². The van der Waals surface area contributed by atoms with Gasteiger partial charge in [-0.05, 0) is 36.6 Å². The molecule has 2 aromatic heterocycles. The van der Waals surface area contributed by atoms with Crippen LogP contribution in [0.5, 0.6) is 0 Å². The molecule has 3 saturated heterocycles. The maximum atomic E-state index is 12.5. The molecule has 3 aliphatic rings. The second kappa shape index (κ2) is 9.80. The van der Waals surface area contributed by atoms with Crippen LogP contribution in [0.25, 0.3) is 22.3 Å². The van der Waals surface area contributed by atoms with E-state index in [1.54, 1.807) is 6.33 Å². The Morgan fingerprint density at radius 2 is 1.80 bits per heavy atom. The van der Waals surface area contributed by atoms with Crippen LogP contribution < -0.4 is 20.9 Å². The van der Waals surface area contributed by atoms with Crippen LogP contribution >= 0.6 is 0 Å². The molecule has 0 spiro atoms. The van der Waals surface area contributed by atoms with Crippen molar-refractivity contribution in [3.8, 4) is 11.3 Å². The molecule has 35 heavy (non-hydrogen) atoms. The quantitative estimate of drug-likeness (QED) is 0.446. The normalized spacial score (nSPS) is 20.1. The third-order valence-electron chi connectivity index (χ3n) is 7.31. The zero-order valence-corrected chi connectivity index (χ0v) is 19.8. The van der Waals surface area contributed by atoms with Gasteiger partial charge in [0.05, 0.1) is 18.6 Å². The molecule has 184 valence electrons. The highest BCUT2D eigenvalue weighted by Crippen LogP contribution is 2.29. The second-order valence-electron chi connectivity index (χ2n) is 9.54. The summed E-state index contributed by atoms with van der Waals surface area (Å²) in [6.45, 7) is 7.36. The lowest BCUT2D eigenvalue weighted by molar-refractivity contribution is 0.109. The van der Waals surface area contributed by atoms with Gasteiger partial charge >= 0.3 is 6.03 Å². The number of nitrogens with one attached hydrogen (secondary N) is 4. The molecule has 0 unspecified atom stereocenters. The molecule has 3 fully saturated rings. The monoisotopic (exact) mass is 476 g/mol. The van der Waals surface area contributed by atoms with Crippen molar-refractivity contribution in [3.63, 3.8) is 0 Å². The van der Waals surface area contributed by atoms with Crippen LogP contribution in [0, 0.1) is 0 Å². The number of H-pyrrole nitrogens is 1. The van der Waals surface area contributed by atoms with Crippen LogP contribution in [0.1, 0.15) is 12.8 Å². The van der Waals surface area contributed by atoms with Crippen molar-refractivity contribution < 1.29 is 9.53 Å². The maximum absolute atomic E-state index is 12.5. The summed E-state index contributed by atoms with van der Waals surface area (Å²) >= 11 is 0. The molecule has 3 aliphatic heterocycles. The number of aromatic amines is 1. The molecule has 0 bridgehead atoms. The molecule has 2 amide bonds. The van der Waals surface area contributed by atoms with E-state index in [1.807, 2.05) is 24.3 Å². The summed E-state index contributed by atoms with van der Waals surface area (Å²) in [5, 5.41) is 10.5. The van der Waals surface area contributed by atoms with Crippen molar-refractivity contribution >= 4 is 28.6 Å². The molecule has 0 atom stereocenters. The van der Waals surface area contributed by atoms with Crippen LogP contribution in [0.15, 0.2) is 36.7 Å². The first-order chi connectivity index (χ1) is 17.2. The number of hydrogen-bond acceptors (Lipinski definition) is 7. The largest absolute Gasteiger partial charge is 0.378 e. The lowest BCUT2D eigenvalue weighted by Gasteiger charge is -2.42. The maximum Gasteiger partial charge on any atom is 0.319 e. The van der Waals surface area contributed by atoms with Crippen molar-refractivity contribution in [2.75, 3.05) is 62.7 Å². The molecule has 3 aromatic rings. The lowest BCUT2D eigenvalue weighted by atomic mass is 10.0. The fourth-order valence-corrected chi connectivity index (χ4v) is 5.14. The Hall–Kier alpha value is -3.21. The summed E-state index contributed by atoms with van der Waals surface area (Å²) in [7, 11) is 0. The molecule has 0 radical (unpaired) electrons. The number of piperidine rings is 1. The summed E-state index contributed by atoms with van der Waals surface area (Å²) in [4.78, 5) is 29.7. The van der Waals surface area contributed by atoms with Gasteiger partial charge in [-0.25, -0.2) is 14.8 Å². The number of carbonyl (C=O) groups is 1. The predicted octanol–water partition coefficient (Wildman–Crippen LogP) is 2.02. The fourth-order valence-electron chi connectivity index (χ4n) is 5.14. The van der Waals surface area contributed by atoms with E-state index >= 15 is 0 Å². The van der Waals surface area contributed by atoms with Crippen LogP contribution in [-0.2, 0) is 4.74 Å². The van der Waals surface area contributed by atoms with Gasteiger partial charge < -0.3 is 30.6 Å². The van der Waals surface area contributed by atoms with Gasteiger partial charge in [-0.15, -0.1) is 0 Å². The van der Waals surface area contributed by atoms with E-state index in [0.717, 1.165) is 85.9 Å². The average Bonchev–Trinajstić information content (AvgIpc) is 3.30. The zero-order valence-electron chi connectivity index (χ0n) is 19.8. The first kappa shape index (κ1) is 22.3. The van der Waals surface area contributed by atoms with Gasteiger partial charge in [0.2, 0.25) is 0 Å². The molecule has 10 nitrogen and oxygen atoms in total. The summed E-state index contributed by atoms with van der Waals surface area (Å²) in [5.74, 6) is 0.936. The van der Waals surface area contributed by atoms with Gasteiger partial charge in [-0.1, -0.05) is 12.1 Å². The number of benzene rings is 1. The third kappa shape index (κ3) is 4.82. The van der Waals surface area contributed by atoms with Crippen LogP contribution in [0.2, 0.25) is 0 Å². The lowest BCUT2D eigenvalue weighted by Crippen LogP contribution is -2.60. The predicted molar refractivity (Wildman–Crippen MR) is 136 cm³/mol. The SMILES string of the molecule is O=C(Nc1ccc(-c2cc3c(N4CCOCC4)ncnc3[nH]2)cc1)NC1CCN(C2CNC2)CC1. The average molecular weight is 477 g/mol. The standard InChI is InChI=1S/C25H32N8O2/c34-25(30-19-5-7-32(8-6-19)20-14-26-15-20)29-18-3-1-17(2-4-18)22-13-21-23(31-22)27-16-28-24(21)33-9-11-35-12-10-33/h1-4,13,16,19-20,26H,5-12,14-15H2,(H,27,28,31)(H2,29,30,34). The van der Waals surface area contributed by atoms with Gasteiger partial charge in [0.25, 0.3) is 0 Å². The van der Waals surface area contributed by atoms with Crippen LogP contribution in [-0.4, -0.2) is 90.4 Å². The Kier molecular flexibility index (Phi) is 6.24. The molecule has 0 saturated carbocycles. The van der Waals surface area contributed by atoms with Gasteiger partial charge in [0.15, 0.2) is 0 Å². The highest BCUT2D eigenvalue weighted by atomic mass is 16.5. The molecule has 0 aliphatic carbocycles. The molecular weight excluding hydrogens is 444 g/mol. The van der Waals surface area contributed by atoms with E-state index in [1.165, 1.54) is 0 Å². The minimum absolute atomic E-state index is 0.141. The summed E-state index contributed by atoms with van der Waals surface area (Å²) < 4.78 is 5.48. The fraction of sp³-hybridized carbons (Fsp3) is 0.480. The number of urea groups is 1. The molecule has 6 rings (SSSR count). The Morgan fingerprint density at radius 1 is 1.03 bits per heavy atom. The number of likely N-dealkylation sites (tertiary alicyclic amines) is 1. The van der Waals surface area contributed by atoms with E-state index in [-0.39, 0.29) is 12.1 Å². The van der Waals surface area contributed by atoms with Crippen molar-refractivity contribution in [2.24, 2.45) is 0 Å². The Morgan fingerprint density at radius 3 is 2.51 bits per heavy atom. The van der Waals surface area contributed by atoms with E-state index in [2.05, 4.69) is 46.8 Å². The summed E-state index contributed by atoms with van der Waals surface area (Å²) in [5.41, 5.74) is 3.59. The van der Waals surface area contributed by atoms with Gasteiger partial charge in [-0.3, -0.25) is 4.90 Å². The van der Waals surface area contributed by atoms with E-state index in [0.29, 0.717) is 19.3 Å². The van der Waals surface area contributed by atoms with Gasteiger partial charge in [-0.2, -0.15) is 0 Å². The molecule has 4 N–H and O–H groups in total. The zero-order chi connectivity index (χ0) is 23.6. The van der Waals surface area contributed by atoms with Crippen molar-refractivity contribution in [2.45, 2.75) is 24.9 Å². The third-order valence-corrected chi connectivity index (χ3v) is 7.31. The number of morpholine rings is 1. The number of hydrogen-bond donors (Lipinski definition) is 4. The van der Waals surface area contributed by atoms with E-state index < -0.39 is 0 Å². The van der Waals surface area contributed by atoms with Crippen molar-refractivity contribution in [1.29, 1.82) is 0 Å². The topological polar surface area (TPSA) is 110 Å². The number of amides is 2. The number of anilines is 2. The number of fused-ring (bicyclic) bond motifs is 1. The Balaban J connectivity index is 1.07. The first-order valence-electron chi connectivity index (χ1n) is 12.5. The highest BCUT2D eigenvalue weighted by Gasteiger charge is 2.29. The number of carbonyl (C=O) groups excluding carboxylic acids is 1. The number of nitrogens with zero attached hydrogens (tertiary/aromatic N) is 4. The molecule has 10 heteroatoms. The number of ether oxygens (including phenoxy) is 1. The number of rotatable bonds is 5. The highest BCUT2D eigenvalue weighted by molar-refractivity contribution is 5.93. The van der Waals surface area contributed by atoms with E-state index in [9.17, 15) is 4.79 Å². The molecule has 1 aromatic carbocycles. The molecule has 5 heterocycles. The molecular formula is C25H32N8O2. The van der Waals surface area contributed by atoms with Crippen LogP contribution in [0.4, 0.5) is 16.3 Å². The second-order valence-corrected chi connectivity index (χ2v) is 9.54. The van der Waals surface area contributed by atoms with Crippen LogP contribution in [0.3, 0.4) is 0 Å². The van der Waals surface area contributed by atoms with Crippen molar-refractivity contribution in [3.05, 3.63) is 36.7 Å². The summed E-state index contributed by atoms with van der Waals surface area (Å²) in [6, 6.07) is 10.7. The Labute approximate surface area is 204 Å².